The number of aromatic nitrogens is 5. The second-order valence-corrected chi connectivity index (χ2v) is 7.68. The lowest BCUT2D eigenvalue weighted by molar-refractivity contribution is -0.116. The molecule has 1 amide bonds. The Morgan fingerprint density at radius 3 is 2.67 bits per heavy atom. The van der Waals surface area contributed by atoms with Crippen molar-refractivity contribution in [2.45, 2.75) is 19.3 Å². The highest BCUT2D eigenvalue weighted by atomic mass is 16.5. The highest BCUT2D eigenvalue weighted by Crippen LogP contribution is 2.44. The summed E-state index contributed by atoms with van der Waals surface area (Å²) in [5.41, 5.74) is 4.07. The second-order valence-electron chi connectivity index (χ2n) is 7.68. The number of rotatable bonds is 5. The molecule has 5 rings (SSSR count). The molecule has 0 spiro atoms. The molecule has 0 bridgehead atoms. The van der Waals surface area contributed by atoms with Crippen molar-refractivity contribution in [2.24, 2.45) is 0 Å². The summed E-state index contributed by atoms with van der Waals surface area (Å²) < 4.78 is 12.6. The summed E-state index contributed by atoms with van der Waals surface area (Å²) >= 11 is 0. The predicted octanol–water partition coefficient (Wildman–Crippen LogP) is 3.52. The highest BCUT2D eigenvalue weighted by Gasteiger charge is 2.35. The topological polar surface area (TPSA) is 104 Å². The van der Waals surface area contributed by atoms with Gasteiger partial charge >= 0.3 is 0 Å². The predicted molar refractivity (Wildman–Crippen MR) is 122 cm³/mol. The zero-order chi connectivity index (χ0) is 22.9. The van der Waals surface area contributed by atoms with Crippen LogP contribution in [0.15, 0.2) is 54.7 Å². The lowest BCUT2D eigenvalue weighted by Gasteiger charge is -2.25. The molecule has 0 aliphatic carbocycles. The number of methoxy groups -OCH3 is 2. The average molecular weight is 442 g/mol. The van der Waals surface area contributed by atoms with E-state index in [0.717, 1.165) is 22.4 Å². The summed E-state index contributed by atoms with van der Waals surface area (Å²) in [5.74, 6) is 1.78. The largest absolute Gasteiger partial charge is 0.497 e. The first-order chi connectivity index (χ1) is 16.1. The van der Waals surface area contributed by atoms with Crippen LogP contribution in [0.2, 0.25) is 0 Å². The Balaban J connectivity index is 1.64. The summed E-state index contributed by atoms with van der Waals surface area (Å²) in [6.07, 6.45) is 1.86. The minimum Gasteiger partial charge on any atom is -0.497 e. The fourth-order valence-electron chi connectivity index (χ4n) is 4.20. The van der Waals surface area contributed by atoms with Gasteiger partial charge < -0.3 is 14.8 Å². The van der Waals surface area contributed by atoms with Crippen LogP contribution < -0.4 is 14.8 Å². The summed E-state index contributed by atoms with van der Waals surface area (Å²) in [7, 11) is 3.22. The average Bonchev–Trinajstić information content (AvgIpc) is 3.19. The fraction of sp³-hybridized carbons (Fsp3) is 0.208. The number of nitrogens with one attached hydrogen (secondary N) is 1. The maximum absolute atomic E-state index is 12.8. The van der Waals surface area contributed by atoms with E-state index in [1.165, 1.54) is 0 Å². The van der Waals surface area contributed by atoms with Crippen molar-refractivity contribution >= 4 is 11.7 Å². The van der Waals surface area contributed by atoms with E-state index in [2.05, 4.69) is 25.6 Å². The Bertz CT molecular complexity index is 1340. The molecule has 1 aliphatic heterocycles. The molecule has 166 valence electrons. The molecule has 1 atom stereocenters. The Morgan fingerprint density at radius 2 is 1.91 bits per heavy atom. The molecule has 9 heteroatoms. The van der Waals surface area contributed by atoms with Gasteiger partial charge in [-0.2, -0.15) is 14.9 Å². The quantitative estimate of drug-likeness (QED) is 0.504. The number of ether oxygens (including phenoxy) is 2. The molecule has 0 saturated carbocycles. The third-order valence-electron chi connectivity index (χ3n) is 5.72. The van der Waals surface area contributed by atoms with E-state index in [9.17, 15) is 4.79 Å². The molecular weight excluding hydrogens is 420 g/mol. The first-order valence-corrected chi connectivity index (χ1v) is 10.5. The van der Waals surface area contributed by atoms with E-state index < -0.39 is 0 Å². The van der Waals surface area contributed by atoms with Crippen LogP contribution in [0.25, 0.3) is 17.2 Å². The van der Waals surface area contributed by atoms with Gasteiger partial charge in [0.05, 0.1) is 31.8 Å². The molecule has 1 N–H and O–H groups in total. The highest BCUT2D eigenvalue weighted by molar-refractivity contribution is 5.95. The van der Waals surface area contributed by atoms with Gasteiger partial charge in [0.2, 0.25) is 5.91 Å². The summed E-state index contributed by atoms with van der Waals surface area (Å²) in [4.78, 5) is 17.4. The van der Waals surface area contributed by atoms with Gasteiger partial charge in [-0.3, -0.25) is 4.79 Å². The van der Waals surface area contributed by atoms with Gasteiger partial charge in [0.25, 0.3) is 5.95 Å². The van der Waals surface area contributed by atoms with Gasteiger partial charge in [-0.1, -0.05) is 30.3 Å². The fourth-order valence-corrected chi connectivity index (χ4v) is 4.20. The van der Waals surface area contributed by atoms with Gasteiger partial charge in [0.15, 0.2) is 0 Å². The van der Waals surface area contributed by atoms with Crippen LogP contribution in [0, 0.1) is 6.92 Å². The normalized spacial score (nSPS) is 15.0. The number of benzene rings is 2. The van der Waals surface area contributed by atoms with Crippen molar-refractivity contribution in [1.29, 1.82) is 0 Å². The second kappa shape index (κ2) is 8.34. The van der Waals surface area contributed by atoms with Crippen LogP contribution in [0.1, 0.15) is 29.2 Å². The third kappa shape index (κ3) is 3.67. The lowest BCUT2D eigenvalue weighted by atomic mass is 9.85. The van der Waals surface area contributed by atoms with Crippen LogP contribution in [0.5, 0.6) is 11.5 Å². The summed E-state index contributed by atoms with van der Waals surface area (Å²) in [6, 6.07) is 15.3. The number of nitrogens with zero attached hydrogens (tertiary/aromatic N) is 5. The number of hydrogen-bond acceptors (Lipinski definition) is 7. The van der Waals surface area contributed by atoms with Crippen LogP contribution in [0.4, 0.5) is 5.82 Å². The van der Waals surface area contributed by atoms with Crippen LogP contribution in [-0.2, 0) is 4.79 Å². The van der Waals surface area contributed by atoms with Gasteiger partial charge in [0, 0.05) is 29.0 Å². The van der Waals surface area contributed by atoms with E-state index >= 15 is 0 Å². The Morgan fingerprint density at radius 1 is 1.09 bits per heavy atom. The SMILES string of the molecule is COc1ccc(OC)c(C2CC(=O)Nc3c2c(C)nn3-c2nncc(-c3ccccc3)n2)c1. The zero-order valence-corrected chi connectivity index (χ0v) is 18.4. The van der Waals surface area contributed by atoms with Gasteiger partial charge in [-0.05, 0) is 25.1 Å². The maximum atomic E-state index is 12.8. The number of carbonyl (C=O) groups excluding carboxylic acids is 1. The molecule has 2 aromatic heterocycles. The number of amides is 1. The van der Waals surface area contributed by atoms with Crippen molar-refractivity contribution in [3.63, 3.8) is 0 Å². The van der Waals surface area contributed by atoms with Crippen LogP contribution in [0.3, 0.4) is 0 Å². The van der Waals surface area contributed by atoms with Crippen LogP contribution in [-0.4, -0.2) is 45.1 Å². The Kier molecular flexibility index (Phi) is 5.21. The van der Waals surface area contributed by atoms with Gasteiger partial charge in [0.1, 0.15) is 17.3 Å². The monoisotopic (exact) mass is 442 g/mol. The molecule has 0 saturated heterocycles. The van der Waals surface area contributed by atoms with E-state index in [-0.39, 0.29) is 24.2 Å². The van der Waals surface area contributed by atoms with E-state index in [0.29, 0.717) is 23.0 Å². The lowest BCUT2D eigenvalue weighted by Crippen LogP contribution is -2.25. The van der Waals surface area contributed by atoms with E-state index in [4.69, 9.17) is 9.47 Å². The molecule has 2 aromatic carbocycles. The molecule has 0 radical (unpaired) electrons. The minimum atomic E-state index is -0.266. The molecule has 1 aliphatic rings. The maximum Gasteiger partial charge on any atom is 0.272 e. The van der Waals surface area contributed by atoms with Crippen molar-refractivity contribution < 1.29 is 14.3 Å². The number of fused-ring (bicyclic) bond motifs is 1. The molecule has 9 nitrogen and oxygen atoms in total. The third-order valence-corrected chi connectivity index (χ3v) is 5.72. The van der Waals surface area contributed by atoms with Crippen molar-refractivity contribution in [3.05, 3.63) is 71.5 Å². The van der Waals surface area contributed by atoms with Crippen molar-refractivity contribution in [2.75, 3.05) is 19.5 Å². The van der Waals surface area contributed by atoms with E-state index in [1.807, 2.05) is 55.5 Å². The number of aryl methyl sites for hydroxylation is 1. The van der Waals surface area contributed by atoms with E-state index in [1.54, 1.807) is 25.1 Å². The molecule has 4 aromatic rings. The van der Waals surface area contributed by atoms with Gasteiger partial charge in [-0.15, -0.1) is 5.10 Å². The zero-order valence-electron chi connectivity index (χ0n) is 18.4. The number of carbonyl (C=O) groups is 1. The molecule has 3 heterocycles. The van der Waals surface area contributed by atoms with Crippen LogP contribution >= 0.6 is 0 Å². The smallest absolute Gasteiger partial charge is 0.272 e. The number of hydrogen-bond donors (Lipinski definition) is 1. The molecule has 0 fully saturated rings. The first-order valence-electron chi connectivity index (χ1n) is 10.5. The molecule has 1 unspecified atom stereocenters. The van der Waals surface area contributed by atoms with Gasteiger partial charge in [-0.25, -0.2) is 4.98 Å². The Labute approximate surface area is 190 Å². The summed E-state index contributed by atoms with van der Waals surface area (Å²) in [5, 5.41) is 15.9. The molecule has 33 heavy (non-hydrogen) atoms. The first kappa shape index (κ1) is 20.6. The van der Waals surface area contributed by atoms with Crippen molar-refractivity contribution in [3.8, 4) is 28.7 Å². The molecular formula is C24H22N6O3. The van der Waals surface area contributed by atoms with Crippen molar-refractivity contribution in [1.82, 2.24) is 25.0 Å². The number of anilines is 1. The standard InChI is InChI=1S/C24H22N6O3/c1-14-22-18(17-11-16(32-2)9-10-20(17)33-3)12-21(31)27-23(22)30(29-14)24-26-19(13-25-28-24)15-7-5-4-6-8-15/h4-11,13,18H,12H2,1-3H3,(H,27,31). The minimum absolute atomic E-state index is 0.134. The Hall–Kier alpha value is -4.27. The summed E-state index contributed by atoms with van der Waals surface area (Å²) in [6.45, 7) is 1.90.